The molecule has 1 saturated carbocycles. The molecule has 1 aromatic carbocycles. The van der Waals surface area contributed by atoms with E-state index < -0.39 is 16.9 Å². The number of benzene rings is 1. The van der Waals surface area contributed by atoms with E-state index in [0.717, 1.165) is 34.1 Å². The third-order valence-corrected chi connectivity index (χ3v) is 6.31. The number of nitrogens with zero attached hydrogens (tertiary/aromatic N) is 4. The first-order chi connectivity index (χ1) is 13.5. The van der Waals surface area contributed by atoms with Crippen molar-refractivity contribution in [3.05, 3.63) is 92.2 Å². The van der Waals surface area contributed by atoms with Crippen LogP contribution in [-0.2, 0) is 5.54 Å². The minimum atomic E-state index is -0.811. The molecule has 2 aliphatic carbocycles. The normalized spacial score (nSPS) is 25.0. The van der Waals surface area contributed by atoms with Crippen molar-refractivity contribution in [1.29, 1.82) is 0 Å². The van der Waals surface area contributed by atoms with Gasteiger partial charge in [0, 0.05) is 22.5 Å². The van der Waals surface area contributed by atoms with E-state index in [0.29, 0.717) is 10.5 Å². The summed E-state index contributed by atoms with van der Waals surface area (Å²) >= 11 is 0. The molecule has 2 aromatic heterocycles. The molecular formula is C20H19N5O3. The molecular weight excluding hydrogens is 358 g/mol. The van der Waals surface area contributed by atoms with Gasteiger partial charge in [0.05, 0.1) is 11.9 Å². The van der Waals surface area contributed by atoms with Crippen LogP contribution < -0.4 is 16.2 Å². The molecule has 3 unspecified atom stereocenters. The molecule has 0 amide bonds. The number of nitrogens with one attached hydrogen (secondary N) is 1. The van der Waals surface area contributed by atoms with Gasteiger partial charge >= 0.3 is 11.4 Å². The molecule has 2 aliphatic rings. The molecule has 0 saturated heterocycles. The van der Waals surface area contributed by atoms with Gasteiger partial charge in [0.15, 0.2) is 0 Å². The number of hydrogen-bond donors (Lipinski definition) is 1. The van der Waals surface area contributed by atoms with Crippen LogP contribution in [0.3, 0.4) is 0 Å². The quantitative estimate of drug-likeness (QED) is 0.422. The summed E-state index contributed by atoms with van der Waals surface area (Å²) in [6.45, 7) is 6.06. The average molecular weight is 377 g/mol. The third kappa shape index (κ3) is 1.89. The van der Waals surface area contributed by atoms with Crippen molar-refractivity contribution < 1.29 is 4.85 Å². The maximum absolute atomic E-state index is 13.4. The Labute approximate surface area is 159 Å². The van der Waals surface area contributed by atoms with Gasteiger partial charge in [0.25, 0.3) is 0 Å². The first kappa shape index (κ1) is 16.7. The zero-order valence-electron chi connectivity index (χ0n) is 15.3. The number of aromatic nitrogens is 5. The van der Waals surface area contributed by atoms with Crippen LogP contribution >= 0.6 is 0 Å². The van der Waals surface area contributed by atoms with Gasteiger partial charge in [-0.25, -0.2) is 23.9 Å². The zero-order chi connectivity index (χ0) is 19.6. The van der Waals surface area contributed by atoms with E-state index in [1.165, 1.54) is 10.9 Å². The summed E-state index contributed by atoms with van der Waals surface area (Å²) in [5.74, 6) is -0.188. The predicted molar refractivity (Wildman–Crippen MR) is 101 cm³/mol. The van der Waals surface area contributed by atoms with E-state index in [2.05, 4.69) is 16.8 Å². The van der Waals surface area contributed by atoms with Crippen LogP contribution in [0, 0.1) is 5.21 Å². The van der Waals surface area contributed by atoms with E-state index >= 15 is 0 Å². The van der Waals surface area contributed by atoms with Gasteiger partial charge in [0.2, 0.25) is 6.20 Å². The lowest BCUT2D eigenvalue weighted by molar-refractivity contribution is -0.669. The van der Waals surface area contributed by atoms with Crippen LogP contribution in [0.1, 0.15) is 42.7 Å². The number of aromatic amines is 1. The van der Waals surface area contributed by atoms with Crippen molar-refractivity contribution in [2.45, 2.75) is 37.1 Å². The smallest absolute Gasteiger partial charge is 0.352 e. The minimum absolute atomic E-state index is 0.0707. The Morgan fingerprint density at radius 1 is 1.25 bits per heavy atom. The molecule has 0 radical (unpaired) electrons. The topological polar surface area (TPSA) is 99.6 Å². The first-order valence-electron chi connectivity index (χ1n) is 9.21. The van der Waals surface area contributed by atoms with Gasteiger partial charge in [-0.1, -0.05) is 35.2 Å². The molecule has 0 aliphatic heterocycles. The van der Waals surface area contributed by atoms with E-state index in [9.17, 15) is 14.8 Å². The number of hydrogen-bond acceptors (Lipinski definition) is 4. The van der Waals surface area contributed by atoms with Crippen molar-refractivity contribution in [1.82, 2.24) is 19.4 Å². The second-order valence-electron chi connectivity index (χ2n) is 7.58. The highest BCUT2D eigenvalue weighted by molar-refractivity contribution is 5.48. The van der Waals surface area contributed by atoms with E-state index in [1.807, 2.05) is 13.0 Å². The fourth-order valence-electron chi connectivity index (χ4n) is 5.34. The van der Waals surface area contributed by atoms with Crippen molar-refractivity contribution >= 4 is 0 Å². The molecule has 3 aromatic rings. The number of H-pyrrole nitrogens is 1. The largest absolute Gasteiger partial charge is 0.594 e. The van der Waals surface area contributed by atoms with Gasteiger partial charge in [-0.2, -0.15) is 0 Å². The molecule has 28 heavy (non-hydrogen) atoms. The summed E-state index contributed by atoms with van der Waals surface area (Å²) in [7, 11) is 0. The fraction of sp³-hybridized carbons (Fsp3) is 0.300. The summed E-state index contributed by atoms with van der Waals surface area (Å²) in [5.41, 5.74) is 1.37. The Kier molecular flexibility index (Phi) is 3.31. The van der Waals surface area contributed by atoms with Crippen LogP contribution in [0.2, 0.25) is 0 Å². The molecule has 1 fully saturated rings. The van der Waals surface area contributed by atoms with E-state index in [4.69, 9.17) is 0 Å². The average Bonchev–Trinajstić information content (AvgIpc) is 3.29. The number of fused-ring (bicyclic) bond motifs is 5. The highest BCUT2D eigenvalue weighted by atomic mass is 16.5. The summed E-state index contributed by atoms with van der Waals surface area (Å²) in [5, 5.41) is 18.4. The molecule has 2 bridgehead atoms. The molecule has 2 heterocycles. The molecule has 8 heteroatoms. The monoisotopic (exact) mass is 377 g/mol. The Balaban J connectivity index is 1.78. The number of para-hydroxylation sites is 1. The lowest BCUT2D eigenvalue weighted by Crippen LogP contribution is -2.45. The Morgan fingerprint density at radius 2 is 1.93 bits per heavy atom. The van der Waals surface area contributed by atoms with Crippen LogP contribution in [-0.4, -0.2) is 19.4 Å². The molecule has 1 N–H and O–H groups in total. The zero-order valence-corrected chi connectivity index (χ0v) is 15.3. The number of allylic oxidation sites excluding steroid dienone is 1. The highest BCUT2D eigenvalue weighted by Crippen LogP contribution is 2.64. The Hall–Kier alpha value is -3.42. The van der Waals surface area contributed by atoms with Crippen LogP contribution in [0.15, 0.2) is 64.5 Å². The predicted octanol–water partition coefficient (Wildman–Crippen LogP) is 1.30. The fourth-order valence-corrected chi connectivity index (χ4v) is 5.34. The maximum Gasteiger partial charge on any atom is 0.352 e. The SMILES string of the molecule is C=C(C)C1(n2[nH]c(=O)n(-c3ccccc3)c2=O)C2CCC1c1c[n+]([O-])ncc12. The van der Waals surface area contributed by atoms with Crippen molar-refractivity contribution in [3.63, 3.8) is 0 Å². The third-order valence-electron chi connectivity index (χ3n) is 6.31. The Bertz CT molecular complexity index is 1220. The first-order valence-corrected chi connectivity index (χ1v) is 9.21. The Morgan fingerprint density at radius 3 is 2.61 bits per heavy atom. The number of rotatable bonds is 3. The van der Waals surface area contributed by atoms with Crippen molar-refractivity contribution in [2.24, 2.45) is 0 Å². The molecule has 8 nitrogen and oxygen atoms in total. The maximum atomic E-state index is 13.4. The summed E-state index contributed by atoms with van der Waals surface area (Å²) in [6.07, 6.45) is 4.70. The minimum Gasteiger partial charge on any atom is -0.594 e. The van der Waals surface area contributed by atoms with Crippen LogP contribution in [0.5, 0.6) is 0 Å². The molecule has 0 spiro atoms. The van der Waals surface area contributed by atoms with E-state index in [1.54, 1.807) is 30.5 Å². The van der Waals surface area contributed by atoms with Crippen LogP contribution in [0.25, 0.3) is 5.69 Å². The summed E-state index contributed by atoms with van der Waals surface area (Å²) < 4.78 is 2.57. The second kappa shape index (κ2) is 5.54. The summed E-state index contributed by atoms with van der Waals surface area (Å²) in [4.78, 5) is 26.7. The van der Waals surface area contributed by atoms with Gasteiger partial charge < -0.3 is 5.21 Å². The van der Waals surface area contributed by atoms with Gasteiger partial charge in [0.1, 0.15) is 5.54 Å². The highest BCUT2D eigenvalue weighted by Gasteiger charge is 2.61. The lowest BCUT2D eigenvalue weighted by Gasteiger charge is -2.35. The molecule has 142 valence electrons. The van der Waals surface area contributed by atoms with E-state index in [-0.39, 0.29) is 11.8 Å². The second-order valence-corrected chi connectivity index (χ2v) is 7.58. The van der Waals surface area contributed by atoms with Crippen LogP contribution in [0.4, 0.5) is 0 Å². The van der Waals surface area contributed by atoms with Gasteiger partial charge in [-0.3, -0.25) is 0 Å². The lowest BCUT2D eigenvalue weighted by atomic mass is 9.79. The van der Waals surface area contributed by atoms with Crippen molar-refractivity contribution in [3.8, 4) is 5.69 Å². The molecule has 3 atom stereocenters. The van der Waals surface area contributed by atoms with Gasteiger partial charge in [-0.05, 0) is 37.5 Å². The summed E-state index contributed by atoms with van der Waals surface area (Å²) in [6, 6.07) is 8.82. The van der Waals surface area contributed by atoms with Crippen molar-refractivity contribution in [2.75, 3.05) is 0 Å². The standard InChI is InChI=1S/C20H19N5O3/c1-12(2)20(16-8-9-17(20)15-11-23(28)21-10-14(15)16)25-19(27)24(18(26)22-25)13-6-4-3-5-7-13/h3-7,10-11,16-17H,1,8-9H2,2H3,(H,22,26). The molecule has 5 rings (SSSR count). The van der Waals surface area contributed by atoms with Gasteiger partial charge in [-0.15, -0.1) is 0 Å².